The van der Waals surface area contributed by atoms with Crippen LogP contribution in [0.2, 0.25) is 0 Å². The van der Waals surface area contributed by atoms with Crippen molar-refractivity contribution in [2.75, 3.05) is 0 Å². The largest absolute Gasteiger partial charge is 0.213 e. The zero-order valence-corrected chi connectivity index (χ0v) is 11.5. The Morgan fingerprint density at radius 3 is 2.58 bits per heavy atom. The van der Waals surface area contributed by atoms with Gasteiger partial charge in [-0.05, 0) is 42.2 Å². The van der Waals surface area contributed by atoms with Gasteiger partial charge in [-0.2, -0.15) is 0 Å². The second-order valence-corrected chi connectivity index (χ2v) is 5.19. The number of aryl methyl sites for hydroxylation is 1. The summed E-state index contributed by atoms with van der Waals surface area (Å²) in [7, 11) is 0. The van der Waals surface area contributed by atoms with Crippen LogP contribution >= 0.6 is 0 Å². The number of hydrogen-bond donors (Lipinski definition) is 0. The quantitative estimate of drug-likeness (QED) is 0.692. The highest BCUT2D eigenvalue weighted by molar-refractivity contribution is 5.76. The lowest BCUT2D eigenvalue weighted by atomic mass is 10.0. The smallest absolute Gasteiger partial charge is 0.113 e. The second-order valence-electron chi connectivity index (χ2n) is 5.19. The summed E-state index contributed by atoms with van der Waals surface area (Å²) in [5, 5.41) is 8.47. The van der Waals surface area contributed by atoms with Gasteiger partial charge in [-0.1, -0.05) is 43.3 Å². The van der Waals surface area contributed by atoms with Gasteiger partial charge in [-0.25, -0.2) is 4.68 Å². The molecule has 0 N–H and O–H groups in total. The first-order chi connectivity index (χ1) is 9.16. The molecule has 2 aromatic carbocycles. The van der Waals surface area contributed by atoms with Crippen LogP contribution < -0.4 is 0 Å². The third-order valence-electron chi connectivity index (χ3n) is 3.47. The molecule has 0 aliphatic heterocycles. The van der Waals surface area contributed by atoms with Crippen molar-refractivity contribution in [2.24, 2.45) is 0 Å². The van der Waals surface area contributed by atoms with Gasteiger partial charge in [0.2, 0.25) is 0 Å². The summed E-state index contributed by atoms with van der Waals surface area (Å²) < 4.78 is 1.91. The van der Waals surface area contributed by atoms with E-state index in [1.807, 2.05) is 28.9 Å². The summed E-state index contributed by atoms with van der Waals surface area (Å²) in [6, 6.07) is 14.6. The molecule has 0 saturated heterocycles. The van der Waals surface area contributed by atoms with E-state index in [-0.39, 0.29) is 0 Å². The number of hydrogen-bond acceptors (Lipinski definition) is 2. The fraction of sp³-hybridized carbons (Fsp3) is 0.250. The van der Waals surface area contributed by atoms with E-state index >= 15 is 0 Å². The molecule has 96 valence electrons. The van der Waals surface area contributed by atoms with Gasteiger partial charge in [-0.3, -0.25) is 0 Å². The predicted molar refractivity (Wildman–Crippen MR) is 77.7 cm³/mol. The minimum atomic E-state index is 0.542. The maximum absolute atomic E-state index is 4.27. The zero-order valence-electron chi connectivity index (χ0n) is 11.5. The first-order valence-electron chi connectivity index (χ1n) is 6.58. The molecule has 3 nitrogen and oxygen atoms in total. The number of fused-ring (bicyclic) bond motifs is 1. The molecule has 3 heteroatoms. The van der Waals surface area contributed by atoms with Crippen molar-refractivity contribution in [1.29, 1.82) is 0 Å². The van der Waals surface area contributed by atoms with Gasteiger partial charge >= 0.3 is 0 Å². The lowest BCUT2D eigenvalue weighted by molar-refractivity contribution is 0.813. The fourth-order valence-corrected chi connectivity index (χ4v) is 2.32. The van der Waals surface area contributed by atoms with Crippen LogP contribution in [-0.2, 0) is 0 Å². The minimum Gasteiger partial charge on any atom is -0.213 e. The van der Waals surface area contributed by atoms with Gasteiger partial charge in [0.1, 0.15) is 5.52 Å². The molecule has 0 spiro atoms. The Morgan fingerprint density at radius 1 is 1.05 bits per heavy atom. The average Bonchev–Trinajstić information content (AvgIpc) is 2.82. The molecule has 0 aliphatic rings. The van der Waals surface area contributed by atoms with Crippen molar-refractivity contribution in [3.8, 4) is 5.69 Å². The first kappa shape index (κ1) is 11.9. The highest BCUT2D eigenvalue weighted by atomic mass is 15.4. The van der Waals surface area contributed by atoms with E-state index in [1.165, 1.54) is 11.1 Å². The zero-order chi connectivity index (χ0) is 13.4. The molecule has 0 radical (unpaired) electrons. The third-order valence-corrected chi connectivity index (χ3v) is 3.47. The molecule has 0 saturated carbocycles. The topological polar surface area (TPSA) is 30.7 Å². The molecule has 0 atom stereocenters. The summed E-state index contributed by atoms with van der Waals surface area (Å²) in [6.45, 7) is 6.54. The van der Waals surface area contributed by atoms with E-state index in [0.29, 0.717) is 5.92 Å². The van der Waals surface area contributed by atoms with Gasteiger partial charge in [0, 0.05) is 0 Å². The fourth-order valence-electron chi connectivity index (χ4n) is 2.32. The van der Waals surface area contributed by atoms with E-state index < -0.39 is 0 Å². The molecular formula is C16H17N3. The Bertz CT molecular complexity index is 726. The number of nitrogens with zero attached hydrogens (tertiary/aromatic N) is 3. The van der Waals surface area contributed by atoms with Crippen molar-refractivity contribution in [1.82, 2.24) is 15.0 Å². The summed E-state index contributed by atoms with van der Waals surface area (Å²) in [4.78, 5) is 0. The van der Waals surface area contributed by atoms with Crippen LogP contribution in [0.4, 0.5) is 0 Å². The lowest BCUT2D eigenvalue weighted by Crippen LogP contribution is -2.00. The van der Waals surface area contributed by atoms with E-state index in [4.69, 9.17) is 0 Å². The van der Waals surface area contributed by atoms with Gasteiger partial charge in [0.05, 0.1) is 11.2 Å². The van der Waals surface area contributed by atoms with Crippen LogP contribution in [0.5, 0.6) is 0 Å². The van der Waals surface area contributed by atoms with Gasteiger partial charge < -0.3 is 0 Å². The van der Waals surface area contributed by atoms with Crippen molar-refractivity contribution in [3.05, 3.63) is 53.6 Å². The molecule has 0 fully saturated rings. The van der Waals surface area contributed by atoms with E-state index in [0.717, 1.165) is 16.7 Å². The average molecular weight is 251 g/mol. The molecule has 1 aromatic heterocycles. The van der Waals surface area contributed by atoms with Crippen molar-refractivity contribution in [3.63, 3.8) is 0 Å². The molecule has 0 amide bonds. The Kier molecular flexibility index (Phi) is 2.82. The normalized spacial score (nSPS) is 11.4. The summed E-state index contributed by atoms with van der Waals surface area (Å²) in [6.07, 6.45) is 0. The van der Waals surface area contributed by atoms with Crippen LogP contribution in [0.3, 0.4) is 0 Å². The minimum absolute atomic E-state index is 0.542. The van der Waals surface area contributed by atoms with E-state index in [1.54, 1.807) is 0 Å². The van der Waals surface area contributed by atoms with Gasteiger partial charge in [0.25, 0.3) is 0 Å². The second kappa shape index (κ2) is 4.50. The molecule has 19 heavy (non-hydrogen) atoms. The predicted octanol–water partition coefficient (Wildman–Crippen LogP) is 3.85. The van der Waals surface area contributed by atoms with Crippen molar-refractivity contribution >= 4 is 11.0 Å². The van der Waals surface area contributed by atoms with Crippen LogP contribution in [0.1, 0.15) is 30.9 Å². The lowest BCUT2D eigenvalue weighted by Gasteiger charge is -2.11. The number of benzene rings is 2. The highest BCUT2D eigenvalue weighted by Gasteiger charge is 2.09. The maximum atomic E-state index is 4.27. The van der Waals surface area contributed by atoms with Crippen molar-refractivity contribution in [2.45, 2.75) is 26.7 Å². The summed E-state index contributed by atoms with van der Waals surface area (Å²) in [5.74, 6) is 0.542. The van der Waals surface area contributed by atoms with Gasteiger partial charge in [0.15, 0.2) is 0 Å². The Balaban J connectivity index is 2.17. The monoisotopic (exact) mass is 251 g/mol. The molecule has 0 unspecified atom stereocenters. The van der Waals surface area contributed by atoms with Crippen LogP contribution in [0, 0.1) is 6.92 Å². The molecule has 1 heterocycles. The molecule has 0 bridgehead atoms. The summed E-state index contributed by atoms with van der Waals surface area (Å²) in [5.41, 5.74) is 5.64. The summed E-state index contributed by atoms with van der Waals surface area (Å²) >= 11 is 0. The number of aromatic nitrogens is 3. The molecule has 0 aliphatic carbocycles. The number of para-hydroxylation sites is 1. The maximum Gasteiger partial charge on any atom is 0.113 e. The van der Waals surface area contributed by atoms with Crippen LogP contribution in [0.15, 0.2) is 42.5 Å². The van der Waals surface area contributed by atoms with E-state index in [2.05, 4.69) is 49.3 Å². The van der Waals surface area contributed by atoms with Gasteiger partial charge in [-0.15, -0.1) is 5.10 Å². The Labute approximate surface area is 112 Å². The highest BCUT2D eigenvalue weighted by Crippen LogP contribution is 2.23. The number of rotatable bonds is 2. The van der Waals surface area contributed by atoms with E-state index in [9.17, 15) is 0 Å². The SMILES string of the molecule is Cc1cc(C(C)C)ccc1-n1nnc2ccccc21. The van der Waals surface area contributed by atoms with Crippen molar-refractivity contribution < 1.29 is 0 Å². The molecular weight excluding hydrogens is 234 g/mol. The Morgan fingerprint density at radius 2 is 1.84 bits per heavy atom. The first-order valence-corrected chi connectivity index (χ1v) is 6.58. The van der Waals surface area contributed by atoms with Crippen LogP contribution in [-0.4, -0.2) is 15.0 Å². The molecule has 3 aromatic rings. The third kappa shape index (κ3) is 2.01. The molecule has 3 rings (SSSR count). The van der Waals surface area contributed by atoms with Crippen LogP contribution in [0.25, 0.3) is 16.7 Å². The Hall–Kier alpha value is -2.16. The standard InChI is InChI=1S/C16H17N3/c1-11(2)13-8-9-15(12(3)10-13)19-16-7-5-4-6-14(16)17-18-19/h4-11H,1-3H3.